The van der Waals surface area contributed by atoms with Gasteiger partial charge < -0.3 is 9.30 Å². The van der Waals surface area contributed by atoms with E-state index in [1.807, 2.05) is 32.2 Å². The Balaban J connectivity index is 1.95. The topological polar surface area (TPSA) is 34.5 Å². The monoisotopic (exact) mass is 328 g/mol. The first kappa shape index (κ1) is 17.0. The van der Waals surface area contributed by atoms with Crippen LogP contribution in [-0.4, -0.2) is 41.5 Å². The van der Waals surface area contributed by atoms with Gasteiger partial charge in [0.25, 0.3) is 0 Å². The summed E-state index contributed by atoms with van der Waals surface area (Å²) in [5.41, 5.74) is 2.97. The predicted octanol–water partition coefficient (Wildman–Crippen LogP) is 3.94. The normalized spacial score (nSPS) is 18.9. The fourth-order valence-corrected chi connectivity index (χ4v) is 4.02. The van der Waals surface area contributed by atoms with Crippen molar-refractivity contribution in [1.82, 2.24) is 9.47 Å². The summed E-state index contributed by atoms with van der Waals surface area (Å²) in [5, 5.41) is 1.00. The second-order valence-corrected chi connectivity index (χ2v) is 6.85. The molecule has 0 amide bonds. The van der Waals surface area contributed by atoms with Crippen LogP contribution in [-0.2, 0) is 7.05 Å². The summed E-state index contributed by atoms with van der Waals surface area (Å²) >= 11 is 0. The Morgan fingerprint density at radius 1 is 1.33 bits per heavy atom. The van der Waals surface area contributed by atoms with Gasteiger partial charge in [0.15, 0.2) is 5.78 Å². The maximum Gasteiger partial charge on any atom is 0.179 e. The van der Waals surface area contributed by atoms with Crippen LogP contribution in [0.5, 0.6) is 5.75 Å². The molecule has 0 bridgehead atoms. The molecule has 3 rings (SSSR count). The largest absolute Gasteiger partial charge is 0.497 e. The first-order chi connectivity index (χ1) is 11.6. The van der Waals surface area contributed by atoms with Gasteiger partial charge in [-0.3, -0.25) is 9.69 Å². The van der Waals surface area contributed by atoms with Crippen LogP contribution in [0.15, 0.2) is 18.2 Å². The number of benzene rings is 1. The van der Waals surface area contributed by atoms with Crippen molar-refractivity contribution in [1.29, 1.82) is 0 Å². The van der Waals surface area contributed by atoms with Gasteiger partial charge in [0.05, 0.1) is 13.7 Å². The molecule has 130 valence electrons. The van der Waals surface area contributed by atoms with Gasteiger partial charge in [-0.15, -0.1) is 0 Å². The van der Waals surface area contributed by atoms with Crippen molar-refractivity contribution in [3.63, 3.8) is 0 Å². The summed E-state index contributed by atoms with van der Waals surface area (Å²) in [6.07, 6.45) is 4.82. The number of likely N-dealkylation sites (tertiary alicyclic amines) is 1. The number of fused-ring (bicyclic) bond motifs is 1. The maximum atomic E-state index is 13.1. The molecule has 0 N–H and O–H groups in total. The van der Waals surface area contributed by atoms with E-state index >= 15 is 0 Å². The third-order valence-corrected chi connectivity index (χ3v) is 5.55. The number of ether oxygens (including phenoxy) is 1. The molecule has 1 saturated heterocycles. The molecule has 2 heterocycles. The molecule has 1 aliphatic rings. The number of aromatic nitrogens is 1. The van der Waals surface area contributed by atoms with Crippen LogP contribution >= 0.6 is 0 Å². The third-order valence-electron chi connectivity index (χ3n) is 5.55. The zero-order valence-corrected chi connectivity index (χ0v) is 15.3. The highest BCUT2D eigenvalue weighted by Crippen LogP contribution is 2.30. The lowest BCUT2D eigenvalue weighted by molar-refractivity contribution is 0.0839. The molecular formula is C20H28N2O2. The third kappa shape index (κ3) is 2.95. The molecule has 4 nitrogen and oxygen atoms in total. The lowest BCUT2D eigenvalue weighted by atomic mass is 9.98. The zero-order valence-electron chi connectivity index (χ0n) is 15.3. The minimum absolute atomic E-state index is 0.228. The Morgan fingerprint density at radius 3 is 2.83 bits per heavy atom. The fraction of sp³-hybridized carbons (Fsp3) is 0.550. The number of carbonyl (C=O) groups excluding carboxylic acids is 1. The quantitative estimate of drug-likeness (QED) is 0.780. The summed E-state index contributed by atoms with van der Waals surface area (Å²) in [6.45, 7) is 5.82. The molecule has 2 aromatic rings. The first-order valence-electron chi connectivity index (χ1n) is 8.97. The molecule has 0 aliphatic carbocycles. The Labute approximate surface area is 144 Å². The van der Waals surface area contributed by atoms with E-state index < -0.39 is 0 Å². The molecule has 0 radical (unpaired) electrons. The van der Waals surface area contributed by atoms with Crippen LogP contribution in [0.1, 0.15) is 48.7 Å². The number of hydrogen-bond donors (Lipinski definition) is 0. The van der Waals surface area contributed by atoms with E-state index in [0.29, 0.717) is 12.6 Å². The van der Waals surface area contributed by atoms with Crippen LogP contribution in [0.2, 0.25) is 0 Å². The Kier molecular flexibility index (Phi) is 4.95. The molecule has 1 aromatic carbocycles. The Morgan fingerprint density at radius 2 is 2.12 bits per heavy atom. The maximum absolute atomic E-state index is 13.1. The number of piperidine rings is 1. The molecule has 1 fully saturated rings. The van der Waals surface area contributed by atoms with Gasteiger partial charge >= 0.3 is 0 Å². The highest BCUT2D eigenvalue weighted by Gasteiger charge is 2.26. The average molecular weight is 328 g/mol. The van der Waals surface area contributed by atoms with Crippen molar-refractivity contribution in [3.05, 3.63) is 29.5 Å². The first-order valence-corrected chi connectivity index (χ1v) is 8.97. The summed E-state index contributed by atoms with van der Waals surface area (Å²) in [5.74, 6) is 1.03. The summed E-state index contributed by atoms with van der Waals surface area (Å²) < 4.78 is 7.47. The van der Waals surface area contributed by atoms with E-state index in [9.17, 15) is 4.79 Å². The second-order valence-electron chi connectivity index (χ2n) is 6.85. The van der Waals surface area contributed by atoms with Crippen molar-refractivity contribution in [2.45, 2.75) is 45.6 Å². The number of carbonyl (C=O) groups is 1. The van der Waals surface area contributed by atoms with Crippen LogP contribution in [0.4, 0.5) is 0 Å². The predicted molar refractivity (Wildman–Crippen MR) is 98.0 cm³/mol. The number of ketones is 1. The SMILES string of the molecule is CCC1CCCCN1CC(=O)c1c(C)n(C)c2ccc(OC)cc12. The van der Waals surface area contributed by atoms with Crippen LogP contribution in [0.3, 0.4) is 0 Å². The summed E-state index contributed by atoms with van der Waals surface area (Å²) in [4.78, 5) is 15.5. The number of methoxy groups -OCH3 is 1. The van der Waals surface area contributed by atoms with E-state index in [4.69, 9.17) is 4.74 Å². The molecule has 1 aliphatic heterocycles. The molecule has 1 atom stereocenters. The van der Waals surface area contributed by atoms with Crippen molar-refractivity contribution in [2.24, 2.45) is 7.05 Å². The Bertz CT molecular complexity index is 748. The number of Topliss-reactive ketones (excluding diaryl/α,β-unsaturated/α-hetero) is 1. The lowest BCUT2D eigenvalue weighted by Crippen LogP contribution is -2.42. The molecule has 0 spiro atoms. The number of rotatable bonds is 5. The fourth-order valence-electron chi connectivity index (χ4n) is 4.02. The summed E-state index contributed by atoms with van der Waals surface area (Å²) in [6, 6.07) is 6.53. The van der Waals surface area contributed by atoms with Crippen molar-refractivity contribution in [2.75, 3.05) is 20.2 Å². The van der Waals surface area contributed by atoms with Gasteiger partial charge in [-0.25, -0.2) is 0 Å². The van der Waals surface area contributed by atoms with Gasteiger partial charge in [-0.1, -0.05) is 13.3 Å². The van der Waals surface area contributed by atoms with Crippen molar-refractivity contribution >= 4 is 16.7 Å². The molecular weight excluding hydrogens is 300 g/mol. The number of nitrogens with zero attached hydrogens (tertiary/aromatic N) is 2. The minimum atomic E-state index is 0.228. The van der Waals surface area contributed by atoms with Crippen molar-refractivity contribution < 1.29 is 9.53 Å². The van der Waals surface area contributed by atoms with Gasteiger partial charge in [0.1, 0.15) is 5.75 Å². The van der Waals surface area contributed by atoms with Crippen molar-refractivity contribution in [3.8, 4) is 5.75 Å². The molecule has 1 unspecified atom stereocenters. The highest BCUT2D eigenvalue weighted by molar-refractivity contribution is 6.10. The van der Waals surface area contributed by atoms with E-state index in [-0.39, 0.29) is 5.78 Å². The minimum Gasteiger partial charge on any atom is -0.497 e. The smallest absolute Gasteiger partial charge is 0.179 e. The highest BCUT2D eigenvalue weighted by atomic mass is 16.5. The van der Waals surface area contributed by atoms with Crippen LogP contribution < -0.4 is 4.74 Å². The van der Waals surface area contributed by atoms with E-state index in [1.165, 1.54) is 19.3 Å². The van der Waals surface area contributed by atoms with Crippen LogP contribution in [0, 0.1) is 6.92 Å². The molecule has 1 aromatic heterocycles. The number of aryl methyl sites for hydroxylation is 1. The van der Waals surface area contributed by atoms with E-state index in [1.54, 1.807) is 7.11 Å². The molecule has 0 saturated carbocycles. The van der Waals surface area contributed by atoms with Gasteiger partial charge in [0.2, 0.25) is 0 Å². The average Bonchev–Trinajstić information content (AvgIpc) is 2.85. The second kappa shape index (κ2) is 6.98. The molecule has 24 heavy (non-hydrogen) atoms. The standard InChI is InChI=1S/C20H28N2O2/c1-5-15-8-6-7-11-22(15)13-19(23)20-14(2)21(3)18-10-9-16(24-4)12-17(18)20/h9-10,12,15H,5-8,11,13H2,1-4H3. The van der Waals surface area contributed by atoms with E-state index in [0.717, 1.165) is 40.9 Å². The number of hydrogen-bond acceptors (Lipinski definition) is 3. The lowest BCUT2D eigenvalue weighted by Gasteiger charge is -2.34. The van der Waals surface area contributed by atoms with Crippen LogP contribution in [0.25, 0.3) is 10.9 Å². The summed E-state index contributed by atoms with van der Waals surface area (Å²) in [7, 11) is 3.69. The van der Waals surface area contributed by atoms with Gasteiger partial charge in [0, 0.05) is 35.2 Å². The van der Waals surface area contributed by atoms with Gasteiger partial charge in [-0.2, -0.15) is 0 Å². The van der Waals surface area contributed by atoms with Gasteiger partial charge in [-0.05, 0) is 50.9 Å². The Hall–Kier alpha value is -1.81. The zero-order chi connectivity index (χ0) is 17.3. The molecule has 4 heteroatoms. The van der Waals surface area contributed by atoms with E-state index in [2.05, 4.69) is 16.4 Å².